The number of aromatic nitrogens is 1. The largest absolute Gasteiger partial charge is 0.456 e. The van der Waals surface area contributed by atoms with Gasteiger partial charge in [-0.1, -0.05) is 25.1 Å². The molecule has 2 rings (SSSR count). The van der Waals surface area contributed by atoms with Crippen LogP contribution in [0.1, 0.15) is 35.2 Å². The van der Waals surface area contributed by atoms with Gasteiger partial charge in [0.2, 0.25) is 5.91 Å². The highest BCUT2D eigenvalue weighted by Crippen LogP contribution is 2.17. The van der Waals surface area contributed by atoms with E-state index >= 15 is 0 Å². The average molecular weight is 358 g/mol. The van der Waals surface area contributed by atoms with Crippen molar-refractivity contribution in [2.45, 2.75) is 40.2 Å². The molecule has 0 unspecified atom stereocenters. The van der Waals surface area contributed by atoms with Crippen LogP contribution in [-0.2, 0) is 27.4 Å². The van der Waals surface area contributed by atoms with Crippen molar-refractivity contribution in [2.75, 3.05) is 5.32 Å². The van der Waals surface area contributed by atoms with Crippen molar-refractivity contribution >= 4 is 28.9 Å². The van der Waals surface area contributed by atoms with Gasteiger partial charge < -0.3 is 10.1 Å². The summed E-state index contributed by atoms with van der Waals surface area (Å²) in [6, 6.07) is 5.94. The number of esters is 1. The summed E-state index contributed by atoms with van der Waals surface area (Å²) in [4.78, 5) is 28.0. The SMILES string of the molecule is CC/C=C/C(=O)OCc1csc(CC(=O)Nc2cc(C)ccc2C)n1. The van der Waals surface area contributed by atoms with Gasteiger partial charge in [-0.25, -0.2) is 9.78 Å². The van der Waals surface area contributed by atoms with E-state index in [0.29, 0.717) is 10.7 Å². The van der Waals surface area contributed by atoms with Gasteiger partial charge in [0.25, 0.3) is 0 Å². The molecule has 1 N–H and O–H groups in total. The Morgan fingerprint density at radius 3 is 2.88 bits per heavy atom. The molecule has 0 spiro atoms. The maximum atomic E-state index is 12.2. The molecule has 5 nitrogen and oxygen atoms in total. The number of carbonyl (C=O) groups is 2. The lowest BCUT2D eigenvalue weighted by Gasteiger charge is -2.08. The molecule has 1 heterocycles. The molecule has 0 aliphatic carbocycles. The first-order chi connectivity index (χ1) is 12.0. The first-order valence-electron chi connectivity index (χ1n) is 8.11. The normalized spacial score (nSPS) is 10.8. The summed E-state index contributed by atoms with van der Waals surface area (Å²) in [5, 5.41) is 5.41. The highest BCUT2D eigenvalue weighted by Gasteiger charge is 2.10. The first kappa shape index (κ1) is 18.9. The Morgan fingerprint density at radius 2 is 2.12 bits per heavy atom. The fraction of sp³-hybridized carbons (Fsp3) is 0.316. The predicted molar refractivity (Wildman–Crippen MR) is 99.6 cm³/mol. The first-order valence-corrected chi connectivity index (χ1v) is 8.99. The summed E-state index contributed by atoms with van der Waals surface area (Å²) in [6.07, 6.45) is 4.13. The second-order valence-electron chi connectivity index (χ2n) is 5.69. The third kappa shape index (κ3) is 6.15. The van der Waals surface area contributed by atoms with E-state index in [1.165, 1.54) is 17.4 Å². The quantitative estimate of drug-likeness (QED) is 0.601. The van der Waals surface area contributed by atoms with Crippen LogP contribution in [0.2, 0.25) is 0 Å². The Balaban J connectivity index is 1.88. The van der Waals surface area contributed by atoms with E-state index in [0.717, 1.165) is 23.2 Å². The van der Waals surface area contributed by atoms with Crippen LogP contribution in [0.3, 0.4) is 0 Å². The molecule has 0 atom stereocenters. The van der Waals surface area contributed by atoms with Crippen LogP contribution in [0.5, 0.6) is 0 Å². The predicted octanol–water partition coefficient (Wildman–Crippen LogP) is 3.95. The fourth-order valence-corrected chi connectivity index (χ4v) is 2.88. The Bertz CT molecular complexity index is 781. The second kappa shape index (κ2) is 9.13. The molecule has 2 aromatic rings. The van der Waals surface area contributed by atoms with E-state index in [4.69, 9.17) is 4.74 Å². The van der Waals surface area contributed by atoms with Crippen LogP contribution in [0.15, 0.2) is 35.7 Å². The number of hydrogen-bond donors (Lipinski definition) is 1. The van der Waals surface area contributed by atoms with Gasteiger partial charge in [-0.15, -0.1) is 11.3 Å². The van der Waals surface area contributed by atoms with Crippen LogP contribution < -0.4 is 5.32 Å². The van der Waals surface area contributed by atoms with Gasteiger partial charge in [-0.2, -0.15) is 0 Å². The fourth-order valence-electron chi connectivity index (χ4n) is 2.11. The third-order valence-electron chi connectivity index (χ3n) is 3.43. The van der Waals surface area contributed by atoms with E-state index < -0.39 is 0 Å². The minimum atomic E-state index is -0.385. The van der Waals surface area contributed by atoms with E-state index in [-0.39, 0.29) is 24.9 Å². The number of aryl methyl sites for hydroxylation is 2. The molecular weight excluding hydrogens is 336 g/mol. The number of allylic oxidation sites excluding steroid dienone is 1. The summed E-state index contributed by atoms with van der Waals surface area (Å²) in [6.45, 7) is 6.00. The molecule has 1 amide bonds. The van der Waals surface area contributed by atoms with E-state index in [2.05, 4.69) is 10.3 Å². The topological polar surface area (TPSA) is 68.3 Å². The van der Waals surface area contributed by atoms with Gasteiger partial charge >= 0.3 is 5.97 Å². The average Bonchev–Trinajstić information content (AvgIpc) is 3.01. The zero-order valence-electron chi connectivity index (χ0n) is 14.7. The summed E-state index contributed by atoms with van der Waals surface area (Å²) in [7, 11) is 0. The molecule has 0 saturated heterocycles. The van der Waals surface area contributed by atoms with Crippen LogP contribution in [0.25, 0.3) is 0 Å². The van der Waals surface area contributed by atoms with Crippen molar-refractivity contribution in [1.29, 1.82) is 0 Å². The zero-order chi connectivity index (χ0) is 18.2. The molecule has 6 heteroatoms. The van der Waals surface area contributed by atoms with Crippen molar-refractivity contribution in [2.24, 2.45) is 0 Å². The number of benzene rings is 1. The number of nitrogens with one attached hydrogen (secondary N) is 1. The molecular formula is C19H22N2O3S. The summed E-state index contributed by atoms with van der Waals surface area (Å²) in [5.74, 6) is -0.499. The van der Waals surface area contributed by atoms with Crippen molar-refractivity contribution in [3.05, 3.63) is 57.6 Å². The second-order valence-corrected chi connectivity index (χ2v) is 6.64. The highest BCUT2D eigenvalue weighted by molar-refractivity contribution is 7.09. The highest BCUT2D eigenvalue weighted by atomic mass is 32.1. The van der Waals surface area contributed by atoms with E-state index in [1.54, 1.807) is 11.5 Å². The van der Waals surface area contributed by atoms with E-state index in [1.807, 2.05) is 39.0 Å². The summed E-state index contributed by atoms with van der Waals surface area (Å²) in [5.41, 5.74) is 3.58. The van der Waals surface area contributed by atoms with Crippen molar-refractivity contribution in [3.63, 3.8) is 0 Å². The number of anilines is 1. The van der Waals surface area contributed by atoms with Gasteiger partial charge in [0.15, 0.2) is 0 Å². The number of ether oxygens (including phenoxy) is 1. The number of nitrogens with zero attached hydrogens (tertiary/aromatic N) is 1. The number of rotatable bonds is 7. The van der Waals surface area contributed by atoms with Crippen molar-refractivity contribution in [1.82, 2.24) is 4.98 Å². The zero-order valence-corrected chi connectivity index (χ0v) is 15.5. The monoisotopic (exact) mass is 358 g/mol. The van der Waals surface area contributed by atoms with Crippen LogP contribution in [0.4, 0.5) is 5.69 Å². The number of thiazole rings is 1. The molecule has 0 fully saturated rings. The molecule has 0 aliphatic rings. The van der Waals surface area contributed by atoms with Gasteiger partial charge in [-0.05, 0) is 37.5 Å². The van der Waals surface area contributed by atoms with Crippen molar-refractivity contribution in [3.8, 4) is 0 Å². The number of amides is 1. The summed E-state index contributed by atoms with van der Waals surface area (Å²) >= 11 is 1.38. The summed E-state index contributed by atoms with van der Waals surface area (Å²) < 4.78 is 5.09. The Morgan fingerprint density at radius 1 is 1.32 bits per heavy atom. The standard InChI is InChI=1S/C19H22N2O3S/c1-4-5-6-19(23)24-11-15-12-25-18(20-15)10-17(22)21-16-9-13(2)7-8-14(16)3/h5-9,12H,4,10-11H2,1-3H3,(H,21,22)/b6-5+. The minimum Gasteiger partial charge on any atom is -0.456 e. The lowest BCUT2D eigenvalue weighted by atomic mass is 10.1. The Hall–Kier alpha value is -2.47. The smallest absolute Gasteiger partial charge is 0.330 e. The Kier molecular flexibility index (Phi) is 6.89. The Labute approximate surface area is 151 Å². The van der Waals surface area contributed by atoms with Crippen LogP contribution in [0, 0.1) is 13.8 Å². The number of carbonyl (C=O) groups excluding carboxylic acids is 2. The van der Waals surface area contributed by atoms with Crippen LogP contribution >= 0.6 is 11.3 Å². The molecule has 132 valence electrons. The molecule has 0 bridgehead atoms. The molecule has 0 radical (unpaired) electrons. The molecule has 1 aromatic heterocycles. The van der Waals surface area contributed by atoms with Crippen LogP contribution in [-0.4, -0.2) is 16.9 Å². The third-order valence-corrected chi connectivity index (χ3v) is 4.33. The van der Waals surface area contributed by atoms with Gasteiger partial charge in [-0.3, -0.25) is 4.79 Å². The van der Waals surface area contributed by atoms with Gasteiger partial charge in [0.05, 0.1) is 12.1 Å². The molecule has 25 heavy (non-hydrogen) atoms. The maximum Gasteiger partial charge on any atom is 0.330 e. The molecule has 1 aromatic carbocycles. The number of hydrogen-bond acceptors (Lipinski definition) is 5. The minimum absolute atomic E-state index is 0.113. The van der Waals surface area contributed by atoms with Crippen molar-refractivity contribution < 1.29 is 14.3 Å². The van der Waals surface area contributed by atoms with E-state index in [9.17, 15) is 9.59 Å². The lowest BCUT2D eigenvalue weighted by Crippen LogP contribution is -2.15. The molecule has 0 aliphatic heterocycles. The van der Waals surface area contributed by atoms with Gasteiger partial charge in [0, 0.05) is 17.1 Å². The maximum absolute atomic E-state index is 12.2. The van der Waals surface area contributed by atoms with Gasteiger partial charge in [0.1, 0.15) is 11.6 Å². The molecule has 0 saturated carbocycles. The lowest BCUT2D eigenvalue weighted by molar-refractivity contribution is -0.139.